The van der Waals surface area contributed by atoms with Crippen molar-refractivity contribution in [2.75, 3.05) is 12.4 Å². The van der Waals surface area contributed by atoms with Crippen LogP contribution < -0.4 is 16.0 Å². The van der Waals surface area contributed by atoms with E-state index in [-0.39, 0.29) is 11.8 Å². The lowest BCUT2D eigenvalue weighted by atomic mass is 10.0. The van der Waals surface area contributed by atoms with Crippen molar-refractivity contribution in [3.05, 3.63) is 64.7 Å². The van der Waals surface area contributed by atoms with Crippen molar-refractivity contribution in [2.24, 2.45) is 5.92 Å². The van der Waals surface area contributed by atoms with E-state index in [0.29, 0.717) is 16.8 Å². The Morgan fingerprint density at radius 2 is 1.52 bits per heavy atom. The summed E-state index contributed by atoms with van der Waals surface area (Å²) >= 11 is 0. The van der Waals surface area contributed by atoms with Crippen LogP contribution in [-0.2, 0) is 4.79 Å². The lowest BCUT2D eigenvalue weighted by Crippen LogP contribution is -2.47. The Balaban J connectivity index is 2.25. The van der Waals surface area contributed by atoms with Gasteiger partial charge in [0.2, 0.25) is 5.91 Å². The average Bonchev–Trinajstić information content (AvgIpc) is 2.66. The number of amides is 3. The van der Waals surface area contributed by atoms with E-state index in [9.17, 15) is 23.2 Å². The minimum Gasteiger partial charge on any atom is -0.355 e. The Bertz CT molecular complexity index is 925. The summed E-state index contributed by atoms with van der Waals surface area (Å²) in [6, 6.07) is 6.89. The lowest BCUT2D eigenvalue weighted by Gasteiger charge is -2.23. The number of hydrogen-bond donors (Lipinski definition) is 3. The fourth-order valence-electron chi connectivity index (χ4n) is 2.83. The fourth-order valence-corrected chi connectivity index (χ4v) is 2.83. The number of halogens is 2. The number of carbonyl (C=O) groups excluding carboxylic acids is 3. The summed E-state index contributed by atoms with van der Waals surface area (Å²) in [6.45, 7) is 5.06. The zero-order chi connectivity index (χ0) is 21.7. The quantitative estimate of drug-likeness (QED) is 0.693. The van der Waals surface area contributed by atoms with Gasteiger partial charge in [-0.25, -0.2) is 8.78 Å². The van der Waals surface area contributed by atoms with E-state index in [1.165, 1.54) is 7.05 Å². The van der Waals surface area contributed by atoms with Crippen molar-refractivity contribution in [3.63, 3.8) is 0 Å². The van der Waals surface area contributed by atoms with Gasteiger partial charge in [-0.05, 0) is 42.7 Å². The third kappa shape index (κ3) is 4.96. The molecule has 0 fully saturated rings. The second-order valence-electron chi connectivity index (χ2n) is 6.84. The molecule has 0 bridgehead atoms. The molecule has 154 valence electrons. The van der Waals surface area contributed by atoms with E-state index >= 15 is 0 Å². The molecule has 3 amide bonds. The van der Waals surface area contributed by atoms with Gasteiger partial charge in [0, 0.05) is 18.3 Å². The van der Waals surface area contributed by atoms with E-state index in [4.69, 9.17) is 0 Å². The first kappa shape index (κ1) is 22.0. The van der Waals surface area contributed by atoms with Gasteiger partial charge in [0.15, 0.2) is 0 Å². The highest BCUT2D eigenvalue weighted by molar-refractivity contribution is 6.03. The molecule has 0 heterocycles. The molecular formula is C21H23F2N3O3. The normalized spacial score (nSPS) is 11.7. The van der Waals surface area contributed by atoms with Gasteiger partial charge in [0.25, 0.3) is 11.8 Å². The Morgan fingerprint density at radius 3 is 2.07 bits per heavy atom. The van der Waals surface area contributed by atoms with Gasteiger partial charge in [0.1, 0.15) is 23.2 Å². The summed E-state index contributed by atoms with van der Waals surface area (Å²) in [4.78, 5) is 37.1. The summed E-state index contributed by atoms with van der Waals surface area (Å²) in [5.41, 5.74) is 0.592. The van der Waals surface area contributed by atoms with Crippen LogP contribution in [0.5, 0.6) is 0 Å². The smallest absolute Gasteiger partial charge is 0.257 e. The molecule has 2 aromatic rings. The standard InChI is InChI=1S/C21H23F2N3O3/c1-11(2)18(26-20(28)17-14(22)8-6-9-15(17)23)21(29)25-16-10-5-7-13(12(16)3)19(27)24-4/h5-11,18H,1-4H3,(H,24,27)(H,25,29)(H,26,28). The maximum Gasteiger partial charge on any atom is 0.257 e. The predicted octanol–water partition coefficient (Wildman–Crippen LogP) is 3.03. The SMILES string of the molecule is CNC(=O)c1cccc(NC(=O)C(NC(=O)c2c(F)cccc2F)C(C)C)c1C. The topological polar surface area (TPSA) is 87.3 Å². The van der Waals surface area contributed by atoms with E-state index in [0.717, 1.165) is 18.2 Å². The van der Waals surface area contributed by atoms with Crippen LogP contribution in [0.4, 0.5) is 14.5 Å². The highest BCUT2D eigenvalue weighted by atomic mass is 19.1. The molecule has 1 atom stereocenters. The van der Waals surface area contributed by atoms with Gasteiger partial charge in [-0.15, -0.1) is 0 Å². The van der Waals surface area contributed by atoms with E-state index < -0.39 is 35.1 Å². The number of carbonyl (C=O) groups is 3. The summed E-state index contributed by atoms with van der Waals surface area (Å²) in [5, 5.41) is 7.59. The first-order valence-electron chi connectivity index (χ1n) is 9.04. The second-order valence-corrected chi connectivity index (χ2v) is 6.84. The molecule has 29 heavy (non-hydrogen) atoms. The summed E-state index contributed by atoms with van der Waals surface area (Å²) in [7, 11) is 1.50. The first-order chi connectivity index (χ1) is 13.7. The summed E-state index contributed by atoms with van der Waals surface area (Å²) < 4.78 is 27.7. The highest BCUT2D eigenvalue weighted by Gasteiger charge is 2.28. The molecule has 0 saturated carbocycles. The van der Waals surface area contributed by atoms with Crippen molar-refractivity contribution >= 4 is 23.4 Å². The van der Waals surface area contributed by atoms with E-state index in [1.807, 2.05) is 0 Å². The Kier molecular flexibility index (Phi) is 7.03. The number of anilines is 1. The minimum atomic E-state index is -1.05. The first-order valence-corrected chi connectivity index (χ1v) is 9.04. The van der Waals surface area contributed by atoms with Crippen molar-refractivity contribution in [3.8, 4) is 0 Å². The van der Waals surface area contributed by atoms with Gasteiger partial charge in [-0.2, -0.15) is 0 Å². The molecule has 6 nitrogen and oxygen atoms in total. The van der Waals surface area contributed by atoms with Gasteiger partial charge in [-0.3, -0.25) is 14.4 Å². The molecule has 0 aliphatic rings. The zero-order valence-electron chi connectivity index (χ0n) is 16.6. The average molecular weight is 403 g/mol. The van der Waals surface area contributed by atoms with Crippen LogP contribution in [-0.4, -0.2) is 30.8 Å². The zero-order valence-corrected chi connectivity index (χ0v) is 16.6. The van der Waals surface area contributed by atoms with Crippen LogP contribution in [0, 0.1) is 24.5 Å². The molecule has 3 N–H and O–H groups in total. The Labute approximate surface area is 167 Å². The van der Waals surface area contributed by atoms with Gasteiger partial charge in [-0.1, -0.05) is 26.0 Å². The predicted molar refractivity (Wildman–Crippen MR) is 106 cm³/mol. The maximum absolute atomic E-state index is 13.9. The highest BCUT2D eigenvalue weighted by Crippen LogP contribution is 2.20. The summed E-state index contributed by atoms with van der Waals surface area (Å²) in [6.07, 6.45) is 0. The van der Waals surface area contributed by atoms with E-state index in [2.05, 4.69) is 16.0 Å². The molecule has 1 unspecified atom stereocenters. The van der Waals surface area contributed by atoms with Crippen LogP contribution in [0.2, 0.25) is 0 Å². The van der Waals surface area contributed by atoms with Gasteiger partial charge in [0.05, 0.1) is 0 Å². The lowest BCUT2D eigenvalue weighted by molar-refractivity contribution is -0.118. The largest absolute Gasteiger partial charge is 0.355 e. The fraction of sp³-hybridized carbons (Fsp3) is 0.286. The number of nitrogens with one attached hydrogen (secondary N) is 3. The Hall–Kier alpha value is -3.29. The van der Waals surface area contributed by atoms with E-state index in [1.54, 1.807) is 39.0 Å². The molecule has 0 aromatic heterocycles. The van der Waals surface area contributed by atoms with Crippen molar-refractivity contribution in [2.45, 2.75) is 26.8 Å². The molecule has 0 aliphatic heterocycles. The molecule has 0 radical (unpaired) electrons. The molecular weight excluding hydrogens is 380 g/mol. The third-order valence-corrected chi connectivity index (χ3v) is 4.49. The maximum atomic E-state index is 13.9. The Morgan fingerprint density at radius 1 is 0.931 bits per heavy atom. The van der Waals surface area contributed by atoms with Crippen molar-refractivity contribution in [1.82, 2.24) is 10.6 Å². The molecule has 0 spiro atoms. The van der Waals surface area contributed by atoms with Crippen LogP contribution in [0.1, 0.15) is 40.1 Å². The van der Waals surface area contributed by atoms with Crippen molar-refractivity contribution in [1.29, 1.82) is 0 Å². The van der Waals surface area contributed by atoms with Crippen LogP contribution in [0.25, 0.3) is 0 Å². The molecule has 0 aliphatic carbocycles. The third-order valence-electron chi connectivity index (χ3n) is 4.49. The number of hydrogen-bond acceptors (Lipinski definition) is 3. The van der Waals surface area contributed by atoms with Gasteiger partial charge < -0.3 is 16.0 Å². The molecule has 0 saturated heterocycles. The monoisotopic (exact) mass is 403 g/mol. The number of benzene rings is 2. The van der Waals surface area contributed by atoms with Crippen LogP contribution in [0.15, 0.2) is 36.4 Å². The second kappa shape index (κ2) is 9.27. The van der Waals surface area contributed by atoms with Crippen LogP contribution >= 0.6 is 0 Å². The summed E-state index contributed by atoms with van der Waals surface area (Å²) in [5.74, 6) is -4.29. The number of rotatable bonds is 6. The van der Waals surface area contributed by atoms with Crippen LogP contribution in [0.3, 0.4) is 0 Å². The molecule has 8 heteroatoms. The minimum absolute atomic E-state index is 0.303. The molecule has 2 aromatic carbocycles. The molecule has 2 rings (SSSR count). The van der Waals surface area contributed by atoms with Gasteiger partial charge >= 0.3 is 0 Å². The van der Waals surface area contributed by atoms with Crippen molar-refractivity contribution < 1.29 is 23.2 Å².